The number of pyridine rings is 1. The molecular formula is C18H25N5. The molecule has 0 saturated heterocycles. The molecule has 0 radical (unpaired) electrons. The highest BCUT2D eigenvalue weighted by atomic mass is 15.2. The van der Waals surface area contributed by atoms with E-state index in [-0.39, 0.29) is 0 Å². The summed E-state index contributed by atoms with van der Waals surface area (Å²) in [4.78, 5) is 13.7. The summed E-state index contributed by atoms with van der Waals surface area (Å²) in [5.41, 5.74) is 1.72. The summed E-state index contributed by atoms with van der Waals surface area (Å²) in [5, 5.41) is 6.89. The van der Waals surface area contributed by atoms with Gasteiger partial charge in [0.1, 0.15) is 5.82 Å². The Morgan fingerprint density at radius 1 is 1.04 bits per heavy atom. The molecule has 5 nitrogen and oxygen atoms in total. The first-order valence-electron chi connectivity index (χ1n) is 8.54. The molecule has 2 N–H and O–H groups in total. The Bertz CT molecular complexity index is 621. The highest BCUT2D eigenvalue weighted by Crippen LogP contribution is 2.23. The summed E-state index contributed by atoms with van der Waals surface area (Å²) in [5.74, 6) is 1.54. The van der Waals surface area contributed by atoms with Crippen molar-refractivity contribution in [3.05, 3.63) is 30.5 Å². The maximum absolute atomic E-state index is 4.68. The molecule has 0 aromatic carbocycles. The minimum absolute atomic E-state index is 0.323. The van der Waals surface area contributed by atoms with Crippen molar-refractivity contribution in [1.29, 1.82) is 0 Å². The van der Waals surface area contributed by atoms with Crippen LogP contribution in [0.25, 0.3) is 11.4 Å². The molecule has 0 atom stereocenters. The van der Waals surface area contributed by atoms with Crippen molar-refractivity contribution >= 4 is 11.8 Å². The zero-order valence-corrected chi connectivity index (χ0v) is 13.9. The third-order valence-corrected chi connectivity index (χ3v) is 4.03. The topological polar surface area (TPSA) is 62.7 Å². The lowest BCUT2D eigenvalue weighted by Gasteiger charge is -2.23. The van der Waals surface area contributed by atoms with Crippen molar-refractivity contribution in [1.82, 2.24) is 15.0 Å². The van der Waals surface area contributed by atoms with E-state index in [0.29, 0.717) is 18.0 Å². The second-order valence-electron chi connectivity index (χ2n) is 6.46. The zero-order valence-electron chi connectivity index (χ0n) is 13.9. The van der Waals surface area contributed by atoms with Gasteiger partial charge in [-0.3, -0.25) is 4.98 Å². The first-order chi connectivity index (χ1) is 11.2. The van der Waals surface area contributed by atoms with Crippen LogP contribution in [0.1, 0.15) is 46.0 Å². The fourth-order valence-corrected chi connectivity index (χ4v) is 2.96. The highest BCUT2D eigenvalue weighted by molar-refractivity contribution is 5.61. The first kappa shape index (κ1) is 15.7. The molecule has 2 aromatic rings. The second kappa shape index (κ2) is 7.40. The summed E-state index contributed by atoms with van der Waals surface area (Å²) in [7, 11) is 0. The summed E-state index contributed by atoms with van der Waals surface area (Å²) in [6.07, 6.45) is 8.10. The summed E-state index contributed by atoms with van der Waals surface area (Å²) < 4.78 is 0. The molecule has 3 rings (SSSR count). The third kappa shape index (κ3) is 4.41. The number of anilines is 2. The lowest BCUT2D eigenvalue weighted by atomic mass is 9.96. The number of nitrogens with one attached hydrogen (secondary N) is 2. The summed E-state index contributed by atoms with van der Waals surface area (Å²) in [6.45, 7) is 4.22. The largest absolute Gasteiger partial charge is 0.368 e. The van der Waals surface area contributed by atoms with Crippen molar-refractivity contribution < 1.29 is 0 Å². The molecule has 0 aliphatic heterocycles. The lowest BCUT2D eigenvalue weighted by molar-refractivity contribution is 0.461. The van der Waals surface area contributed by atoms with Crippen LogP contribution in [0.15, 0.2) is 30.5 Å². The molecule has 5 heteroatoms. The van der Waals surface area contributed by atoms with Gasteiger partial charge in [-0.25, -0.2) is 4.98 Å². The molecule has 2 heterocycles. The van der Waals surface area contributed by atoms with E-state index in [1.807, 2.05) is 24.3 Å². The maximum atomic E-state index is 4.68. The monoisotopic (exact) mass is 311 g/mol. The van der Waals surface area contributed by atoms with E-state index < -0.39 is 0 Å². The van der Waals surface area contributed by atoms with Crippen LogP contribution >= 0.6 is 0 Å². The number of hydrogen-bond acceptors (Lipinski definition) is 5. The highest BCUT2D eigenvalue weighted by Gasteiger charge is 2.15. The van der Waals surface area contributed by atoms with Crippen LogP contribution in [0.4, 0.5) is 11.8 Å². The predicted molar refractivity (Wildman–Crippen MR) is 94.5 cm³/mol. The zero-order chi connectivity index (χ0) is 16.1. The van der Waals surface area contributed by atoms with Crippen molar-refractivity contribution in [2.75, 3.05) is 10.6 Å². The number of hydrogen-bond donors (Lipinski definition) is 2. The molecule has 0 amide bonds. The second-order valence-corrected chi connectivity index (χ2v) is 6.46. The number of rotatable bonds is 5. The van der Waals surface area contributed by atoms with Crippen LogP contribution < -0.4 is 10.6 Å². The van der Waals surface area contributed by atoms with Crippen LogP contribution in [0.5, 0.6) is 0 Å². The Balaban J connectivity index is 1.87. The van der Waals surface area contributed by atoms with Crippen LogP contribution in [0, 0.1) is 0 Å². The summed E-state index contributed by atoms with van der Waals surface area (Å²) >= 11 is 0. The molecule has 0 unspecified atom stereocenters. The normalized spacial score (nSPS) is 15.6. The third-order valence-electron chi connectivity index (χ3n) is 4.03. The van der Waals surface area contributed by atoms with Gasteiger partial charge in [0, 0.05) is 24.3 Å². The van der Waals surface area contributed by atoms with Crippen LogP contribution in [-0.2, 0) is 0 Å². The fourth-order valence-electron chi connectivity index (χ4n) is 2.96. The predicted octanol–water partition coefficient (Wildman–Crippen LogP) is 4.10. The molecule has 1 fully saturated rings. The Hall–Kier alpha value is -2.17. The molecule has 0 spiro atoms. The SMILES string of the molecule is CC(C)Nc1cc(-c2ccccn2)nc(NC2CCCCC2)n1. The quantitative estimate of drug-likeness (QED) is 0.870. The van der Waals surface area contributed by atoms with Crippen molar-refractivity contribution in [2.45, 2.75) is 58.0 Å². The molecule has 1 aliphatic rings. The average molecular weight is 311 g/mol. The van der Waals surface area contributed by atoms with E-state index in [9.17, 15) is 0 Å². The van der Waals surface area contributed by atoms with Gasteiger partial charge in [-0.2, -0.15) is 4.98 Å². The molecular weight excluding hydrogens is 286 g/mol. The van der Waals surface area contributed by atoms with Crippen molar-refractivity contribution in [3.8, 4) is 11.4 Å². The van der Waals surface area contributed by atoms with Gasteiger partial charge in [0.25, 0.3) is 0 Å². The van der Waals surface area contributed by atoms with Crippen molar-refractivity contribution in [2.24, 2.45) is 0 Å². The standard InChI is InChI=1S/C18H25N5/c1-13(2)20-17-12-16(15-10-6-7-11-19-15)22-18(23-17)21-14-8-4-3-5-9-14/h6-7,10-14H,3-5,8-9H2,1-2H3,(H2,20,21,22,23). The minimum Gasteiger partial charge on any atom is -0.368 e. The number of nitrogens with zero attached hydrogens (tertiary/aromatic N) is 3. The molecule has 1 aliphatic carbocycles. The van der Waals surface area contributed by atoms with Gasteiger partial charge in [0.05, 0.1) is 11.4 Å². The Kier molecular flexibility index (Phi) is 5.05. The van der Waals surface area contributed by atoms with E-state index in [1.165, 1.54) is 32.1 Å². The van der Waals surface area contributed by atoms with Gasteiger partial charge in [-0.1, -0.05) is 25.3 Å². The molecule has 0 bridgehead atoms. The van der Waals surface area contributed by atoms with Gasteiger partial charge in [-0.05, 0) is 38.8 Å². The molecule has 122 valence electrons. The fraction of sp³-hybridized carbons (Fsp3) is 0.500. The molecule has 2 aromatic heterocycles. The maximum Gasteiger partial charge on any atom is 0.225 e. The minimum atomic E-state index is 0.323. The smallest absolute Gasteiger partial charge is 0.225 e. The van der Waals surface area contributed by atoms with Gasteiger partial charge < -0.3 is 10.6 Å². The molecule has 23 heavy (non-hydrogen) atoms. The molecule has 1 saturated carbocycles. The van der Waals surface area contributed by atoms with Crippen LogP contribution in [-0.4, -0.2) is 27.0 Å². The number of aromatic nitrogens is 3. The Morgan fingerprint density at radius 3 is 2.57 bits per heavy atom. The summed E-state index contributed by atoms with van der Waals surface area (Å²) in [6, 6.07) is 8.65. The van der Waals surface area contributed by atoms with Gasteiger partial charge in [0.15, 0.2) is 0 Å². The average Bonchev–Trinajstić information content (AvgIpc) is 2.56. The Morgan fingerprint density at radius 2 is 1.87 bits per heavy atom. The van der Waals surface area contributed by atoms with E-state index in [1.54, 1.807) is 6.20 Å². The van der Waals surface area contributed by atoms with Gasteiger partial charge >= 0.3 is 0 Å². The van der Waals surface area contributed by atoms with Crippen LogP contribution in [0.2, 0.25) is 0 Å². The van der Waals surface area contributed by atoms with E-state index in [0.717, 1.165) is 17.2 Å². The van der Waals surface area contributed by atoms with Gasteiger partial charge in [-0.15, -0.1) is 0 Å². The van der Waals surface area contributed by atoms with E-state index in [2.05, 4.69) is 39.4 Å². The first-order valence-corrected chi connectivity index (χ1v) is 8.54. The Labute approximate surface area is 138 Å². The van der Waals surface area contributed by atoms with E-state index >= 15 is 0 Å². The lowest BCUT2D eigenvalue weighted by Crippen LogP contribution is -2.24. The van der Waals surface area contributed by atoms with Gasteiger partial charge in [0.2, 0.25) is 5.95 Å². The van der Waals surface area contributed by atoms with Crippen molar-refractivity contribution in [3.63, 3.8) is 0 Å². The van der Waals surface area contributed by atoms with Crippen LogP contribution in [0.3, 0.4) is 0 Å². The van der Waals surface area contributed by atoms with E-state index in [4.69, 9.17) is 0 Å².